The van der Waals surface area contributed by atoms with Gasteiger partial charge in [-0.05, 0) is 37.1 Å². The molecule has 0 aliphatic carbocycles. The van der Waals surface area contributed by atoms with E-state index in [4.69, 9.17) is 10.5 Å². The first kappa shape index (κ1) is 15.7. The predicted molar refractivity (Wildman–Crippen MR) is 87.0 cm³/mol. The van der Waals surface area contributed by atoms with Crippen molar-refractivity contribution < 1.29 is 8.95 Å². The van der Waals surface area contributed by atoms with Gasteiger partial charge in [-0.15, -0.1) is 0 Å². The van der Waals surface area contributed by atoms with Crippen LogP contribution in [0.4, 0.5) is 0 Å². The fourth-order valence-corrected chi connectivity index (χ4v) is 3.30. The lowest BCUT2D eigenvalue weighted by molar-refractivity contribution is 0.339. The fourth-order valence-electron chi connectivity index (χ4n) is 2.10. The first-order valence-corrected chi connectivity index (χ1v) is 8.30. The van der Waals surface area contributed by atoms with Crippen LogP contribution in [0.15, 0.2) is 47.4 Å². The molecule has 0 aliphatic rings. The average molecular weight is 303 g/mol. The minimum Gasteiger partial charge on any atom is -0.492 e. The summed E-state index contributed by atoms with van der Waals surface area (Å²) in [5.41, 5.74) is 8.82. The standard InChI is InChI=1S/C17H21NO2S/c1-13-7-8-14(2)17(11-13)21(19)10-9-20-16-6-4-3-5-15(16)12-18/h3-8,11H,9-10,12,18H2,1-2H3. The summed E-state index contributed by atoms with van der Waals surface area (Å²) in [5.74, 6) is 1.25. The van der Waals surface area contributed by atoms with E-state index in [-0.39, 0.29) is 0 Å². The van der Waals surface area contributed by atoms with E-state index in [1.54, 1.807) is 0 Å². The third-order valence-corrected chi connectivity index (χ3v) is 4.78. The summed E-state index contributed by atoms with van der Waals surface area (Å²) in [6.45, 7) is 4.85. The van der Waals surface area contributed by atoms with E-state index < -0.39 is 10.8 Å². The molecule has 1 atom stereocenters. The molecule has 0 aliphatic heterocycles. The number of hydrogen-bond acceptors (Lipinski definition) is 3. The Hall–Kier alpha value is -1.65. The Balaban J connectivity index is 1.97. The van der Waals surface area contributed by atoms with Crippen molar-refractivity contribution in [1.82, 2.24) is 0 Å². The van der Waals surface area contributed by atoms with Gasteiger partial charge in [0.25, 0.3) is 0 Å². The molecule has 0 bridgehead atoms. The van der Waals surface area contributed by atoms with Crippen LogP contribution in [0.2, 0.25) is 0 Å². The zero-order chi connectivity index (χ0) is 15.2. The summed E-state index contributed by atoms with van der Waals surface area (Å²) in [6, 6.07) is 13.7. The lowest BCUT2D eigenvalue weighted by atomic mass is 10.2. The smallest absolute Gasteiger partial charge is 0.123 e. The third kappa shape index (κ3) is 4.16. The van der Waals surface area contributed by atoms with Gasteiger partial charge in [-0.3, -0.25) is 4.21 Å². The number of para-hydroxylation sites is 1. The molecule has 1 unspecified atom stereocenters. The van der Waals surface area contributed by atoms with Crippen LogP contribution in [0.1, 0.15) is 16.7 Å². The predicted octanol–water partition coefficient (Wildman–Crippen LogP) is 2.95. The van der Waals surface area contributed by atoms with Crippen LogP contribution in [0.3, 0.4) is 0 Å². The molecule has 112 valence electrons. The molecule has 0 saturated heterocycles. The molecule has 0 fully saturated rings. The fraction of sp³-hybridized carbons (Fsp3) is 0.294. The minimum absolute atomic E-state index is 0.414. The summed E-state index contributed by atoms with van der Waals surface area (Å²) >= 11 is 0. The molecule has 3 nitrogen and oxygen atoms in total. The van der Waals surface area contributed by atoms with E-state index in [1.165, 1.54) is 0 Å². The number of ether oxygens (including phenoxy) is 1. The van der Waals surface area contributed by atoms with Crippen LogP contribution in [0.25, 0.3) is 0 Å². The van der Waals surface area contributed by atoms with Gasteiger partial charge in [0, 0.05) is 17.0 Å². The van der Waals surface area contributed by atoms with Crippen LogP contribution in [0.5, 0.6) is 5.75 Å². The van der Waals surface area contributed by atoms with Gasteiger partial charge in [0.1, 0.15) is 12.4 Å². The Morgan fingerprint density at radius 2 is 1.90 bits per heavy atom. The van der Waals surface area contributed by atoms with E-state index in [0.717, 1.165) is 27.3 Å². The highest BCUT2D eigenvalue weighted by Gasteiger charge is 2.08. The van der Waals surface area contributed by atoms with E-state index in [0.29, 0.717) is 18.9 Å². The summed E-state index contributed by atoms with van der Waals surface area (Å²) in [5, 5.41) is 0. The maximum absolute atomic E-state index is 12.4. The van der Waals surface area contributed by atoms with Crippen molar-refractivity contribution in [3.63, 3.8) is 0 Å². The second-order valence-corrected chi connectivity index (χ2v) is 6.52. The second kappa shape index (κ2) is 7.38. The van der Waals surface area contributed by atoms with E-state index >= 15 is 0 Å². The Morgan fingerprint density at radius 3 is 2.67 bits per heavy atom. The van der Waals surface area contributed by atoms with Gasteiger partial charge in [0.15, 0.2) is 0 Å². The number of benzene rings is 2. The molecule has 2 N–H and O–H groups in total. The van der Waals surface area contributed by atoms with Gasteiger partial charge in [-0.25, -0.2) is 0 Å². The SMILES string of the molecule is Cc1ccc(C)c(S(=O)CCOc2ccccc2CN)c1. The van der Waals surface area contributed by atoms with E-state index in [9.17, 15) is 4.21 Å². The lowest BCUT2D eigenvalue weighted by Crippen LogP contribution is -2.11. The number of aryl methyl sites for hydroxylation is 2. The summed E-state index contributed by atoms with van der Waals surface area (Å²) in [6.07, 6.45) is 0. The maximum Gasteiger partial charge on any atom is 0.123 e. The highest BCUT2D eigenvalue weighted by Crippen LogP contribution is 2.18. The van der Waals surface area contributed by atoms with Crippen molar-refractivity contribution in [1.29, 1.82) is 0 Å². The van der Waals surface area contributed by atoms with Crippen molar-refractivity contribution in [2.75, 3.05) is 12.4 Å². The topological polar surface area (TPSA) is 52.3 Å². The van der Waals surface area contributed by atoms with E-state index in [2.05, 4.69) is 0 Å². The van der Waals surface area contributed by atoms with Gasteiger partial charge in [-0.1, -0.05) is 30.3 Å². The molecule has 2 aromatic carbocycles. The Labute approximate surface area is 128 Å². The largest absolute Gasteiger partial charge is 0.492 e. The zero-order valence-corrected chi connectivity index (χ0v) is 13.3. The van der Waals surface area contributed by atoms with E-state index in [1.807, 2.05) is 56.3 Å². The van der Waals surface area contributed by atoms with Gasteiger partial charge in [0.05, 0.1) is 16.6 Å². The molecule has 0 radical (unpaired) electrons. The van der Waals surface area contributed by atoms with Crippen LogP contribution >= 0.6 is 0 Å². The molecule has 4 heteroatoms. The van der Waals surface area contributed by atoms with Crippen molar-refractivity contribution in [2.24, 2.45) is 5.73 Å². The first-order valence-electron chi connectivity index (χ1n) is 6.98. The van der Waals surface area contributed by atoms with Gasteiger partial charge >= 0.3 is 0 Å². The van der Waals surface area contributed by atoms with Crippen LogP contribution in [-0.4, -0.2) is 16.6 Å². The highest BCUT2D eigenvalue weighted by molar-refractivity contribution is 7.85. The third-order valence-electron chi connectivity index (χ3n) is 3.31. The van der Waals surface area contributed by atoms with Gasteiger partial charge in [0.2, 0.25) is 0 Å². The average Bonchev–Trinajstić information content (AvgIpc) is 2.50. The summed E-state index contributed by atoms with van der Waals surface area (Å²) in [4.78, 5) is 0.894. The maximum atomic E-state index is 12.4. The molecular formula is C17H21NO2S. The number of nitrogens with two attached hydrogens (primary N) is 1. The first-order chi connectivity index (χ1) is 10.1. The number of hydrogen-bond donors (Lipinski definition) is 1. The molecule has 0 amide bonds. The van der Waals surface area contributed by atoms with Crippen LogP contribution in [0, 0.1) is 13.8 Å². The quantitative estimate of drug-likeness (QED) is 0.892. The Morgan fingerprint density at radius 1 is 1.14 bits per heavy atom. The molecule has 0 spiro atoms. The van der Waals surface area contributed by atoms with Crippen molar-refractivity contribution in [3.05, 3.63) is 59.2 Å². The van der Waals surface area contributed by atoms with Crippen molar-refractivity contribution >= 4 is 10.8 Å². The van der Waals surface area contributed by atoms with Crippen molar-refractivity contribution in [3.8, 4) is 5.75 Å². The highest BCUT2D eigenvalue weighted by atomic mass is 32.2. The molecule has 2 rings (SSSR count). The molecule has 2 aromatic rings. The summed E-state index contributed by atoms with van der Waals surface area (Å²) in [7, 11) is -1.04. The van der Waals surface area contributed by atoms with Crippen LogP contribution < -0.4 is 10.5 Å². The molecule has 21 heavy (non-hydrogen) atoms. The minimum atomic E-state index is -1.04. The van der Waals surface area contributed by atoms with Gasteiger partial charge in [-0.2, -0.15) is 0 Å². The second-order valence-electron chi connectivity index (χ2n) is 4.98. The summed E-state index contributed by atoms with van der Waals surface area (Å²) < 4.78 is 18.1. The number of rotatable bonds is 6. The Kier molecular flexibility index (Phi) is 5.53. The van der Waals surface area contributed by atoms with Crippen molar-refractivity contribution in [2.45, 2.75) is 25.3 Å². The molecular weight excluding hydrogens is 282 g/mol. The molecule has 0 aromatic heterocycles. The van der Waals surface area contributed by atoms with Crippen LogP contribution in [-0.2, 0) is 17.3 Å². The monoisotopic (exact) mass is 303 g/mol. The van der Waals surface area contributed by atoms with Gasteiger partial charge < -0.3 is 10.5 Å². The lowest BCUT2D eigenvalue weighted by Gasteiger charge is -2.11. The zero-order valence-electron chi connectivity index (χ0n) is 12.5. The molecule has 0 heterocycles. The molecule has 0 saturated carbocycles. The normalized spacial score (nSPS) is 12.1. The Bertz CT molecular complexity index is 640.